The largest absolute Gasteiger partial charge is 0.471 e. The number of amides is 1. The lowest BCUT2D eigenvalue weighted by Crippen LogP contribution is -2.38. The van der Waals surface area contributed by atoms with Gasteiger partial charge in [-0.1, -0.05) is 91.0 Å². The molecule has 0 aliphatic heterocycles. The van der Waals surface area contributed by atoms with E-state index in [2.05, 4.69) is 4.98 Å². The van der Waals surface area contributed by atoms with Crippen molar-refractivity contribution in [3.63, 3.8) is 0 Å². The maximum atomic E-state index is 15.6. The van der Waals surface area contributed by atoms with Gasteiger partial charge < -0.3 is 5.32 Å². The van der Waals surface area contributed by atoms with E-state index < -0.39 is 23.7 Å². The Hall–Kier alpha value is -3.94. The van der Waals surface area contributed by atoms with Gasteiger partial charge in [-0.15, -0.1) is 0 Å². The zero-order chi connectivity index (χ0) is 24.9. The van der Waals surface area contributed by atoms with Crippen LogP contribution in [0.15, 0.2) is 97.2 Å². The van der Waals surface area contributed by atoms with E-state index in [1.807, 2.05) is 96.3 Å². The first-order chi connectivity index (χ1) is 16.8. The first-order valence-electron chi connectivity index (χ1n) is 11.1. The Kier molecular flexibility index (Phi) is 7.00. The summed E-state index contributed by atoms with van der Waals surface area (Å²) in [4.78, 5) is 15.1. The van der Waals surface area contributed by atoms with Crippen LogP contribution in [0.4, 0.5) is 17.6 Å². The fraction of sp³-hybridized carbons (Fsp3) is 0.185. The summed E-state index contributed by atoms with van der Waals surface area (Å²) < 4.78 is 54.2. The summed E-state index contributed by atoms with van der Waals surface area (Å²) in [7, 11) is 0. The number of halogens is 4. The Balaban J connectivity index is 1.76. The van der Waals surface area contributed by atoms with Crippen LogP contribution in [0.2, 0.25) is 0 Å². The quantitative estimate of drug-likeness (QED) is 0.206. The van der Waals surface area contributed by atoms with Crippen LogP contribution in [0.3, 0.4) is 0 Å². The molecule has 0 spiro atoms. The van der Waals surface area contributed by atoms with Gasteiger partial charge >= 0.3 is 12.1 Å². The molecule has 4 nitrogen and oxygen atoms in total. The SMILES string of the molecule is O=C(NCCCc1cn(C(c2ccccc2)(c2ccccc2)c2ccccc2)c(F)n1)C(F)(F)F. The molecule has 8 heteroatoms. The average Bonchev–Trinajstić information content (AvgIpc) is 3.24. The Bertz CT molecular complexity index is 1160. The number of hydrogen-bond donors (Lipinski definition) is 1. The molecule has 0 bridgehead atoms. The van der Waals surface area contributed by atoms with Crippen molar-refractivity contribution in [3.05, 3.63) is 126 Å². The van der Waals surface area contributed by atoms with Gasteiger partial charge in [0.05, 0.1) is 5.69 Å². The molecule has 0 atom stereocenters. The molecule has 0 aliphatic carbocycles. The maximum absolute atomic E-state index is 15.6. The minimum atomic E-state index is -4.94. The summed E-state index contributed by atoms with van der Waals surface area (Å²) in [5, 5.41) is 1.83. The van der Waals surface area contributed by atoms with Crippen LogP contribution >= 0.6 is 0 Å². The third-order valence-electron chi connectivity index (χ3n) is 5.80. The second-order valence-corrected chi connectivity index (χ2v) is 8.04. The van der Waals surface area contributed by atoms with Gasteiger partial charge in [0.15, 0.2) is 0 Å². The van der Waals surface area contributed by atoms with E-state index in [9.17, 15) is 18.0 Å². The molecule has 0 aliphatic rings. The molecule has 1 amide bonds. The van der Waals surface area contributed by atoms with Crippen molar-refractivity contribution >= 4 is 5.91 Å². The van der Waals surface area contributed by atoms with Crippen molar-refractivity contribution in [2.24, 2.45) is 0 Å². The van der Waals surface area contributed by atoms with Gasteiger partial charge in [-0.05, 0) is 29.5 Å². The molecule has 3 aromatic carbocycles. The van der Waals surface area contributed by atoms with Crippen LogP contribution in [0.5, 0.6) is 0 Å². The minimum Gasteiger partial charge on any atom is -0.348 e. The van der Waals surface area contributed by atoms with Crippen molar-refractivity contribution < 1.29 is 22.4 Å². The number of aryl methyl sites for hydroxylation is 1. The Morgan fingerprint density at radius 2 is 1.26 bits per heavy atom. The van der Waals surface area contributed by atoms with Crippen LogP contribution in [-0.2, 0) is 16.8 Å². The number of hydrogen-bond acceptors (Lipinski definition) is 2. The van der Waals surface area contributed by atoms with Crippen molar-refractivity contribution in [2.75, 3.05) is 6.54 Å². The number of imidazole rings is 1. The molecule has 0 saturated carbocycles. The van der Waals surface area contributed by atoms with Crippen molar-refractivity contribution in [2.45, 2.75) is 24.6 Å². The number of carbonyl (C=O) groups is 1. The molecular formula is C27H23F4N3O. The van der Waals surface area contributed by atoms with E-state index in [1.54, 1.807) is 6.20 Å². The Labute approximate surface area is 200 Å². The van der Waals surface area contributed by atoms with Gasteiger partial charge in [-0.2, -0.15) is 17.6 Å². The highest BCUT2D eigenvalue weighted by molar-refractivity contribution is 5.81. The molecule has 4 rings (SSSR count). The van der Waals surface area contributed by atoms with Crippen molar-refractivity contribution in [1.82, 2.24) is 14.9 Å². The van der Waals surface area contributed by atoms with Crippen LogP contribution in [0.1, 0.15) is 28.8 Å². The molecular weight excluding hydrogens is 458 g/mol. The third kappa shape index (κ3) is 4.96. The van der Waals surface area contributed by atoms with Gasteiger partial charge in [0.25, 0.3) is 6.08 Å². The van der Waals surface area contributed by atoms with Gasteiger partial charge in [-0.3, -0.25) is 9.36 Å². The topological polar surface area (TPSA) is 46.9 Å². The summed E-state index contributed by atoms with van der Waals surface area (Å²) in [6, 6.07) is 28.5. The molecule has 0 fully saturated rings. The normalized spacial score (nSPS) is 11.9. The lowest BCUT2D eigenvalue weighted by atomic mass is 9.76. The summed E-state index contributed by atoms with van der Waals surface area (Å²) in [6.45, 7) is -0.200. The fourth-order valence-electron chi connectivity index (χ4n) is 4.29. The van der Waals surface area contributed by atoms with E-state index in [4.69, 9.17) is 0 Å². The summed E-state index contributed by atoms with van der Waals surface area (Å²) in [6.07, 6.45) is -3.71. The highest BCUT2D eigenvalue weighted by atomic mass is 19.4. The molecule has 1 N–H and O–H groups in total. The minimum absolute atomic E-state index is 0.174. The number of rotatable bonds is 8. The van der Waals surface area contributed by atoms with E-state index in [0.29, 0.717) is 5.69 Å². The van der Waals surface area contributed by atoms with Gasteiger partial charge in [0, 0.05) is 12.7 Å². The van der Waals surface area contributed by atoms with E-state index >= 15 is 4.39 Å². The van der Waals surface area contributed by atoms with E-state index in [-0.39, 0.29) is 19.4 Å². The number of carbonyl (C=O) groups excluding carboxylic acids is 1. The first kappa shape index (κ1) is 24.2. The lowest BCUT2D eigenvalue weighted by molar-refractivity contribution is -0.173. The van der Waals surface area contributed by atoms with Crippen molar-refractivity contribution in [1.29, 1.82) is 0 Å². The van der Waals surface area contributed by atoms with E-state index in [0.717, 1.165) is 16.7 Å². The van der Waals surface area contributed by atoms with Gasteiger partial charge in [0.1, 0.15) is 5.54 Å². The number of nitrogens with zero attached hydrogens (tertiary/aromatic N) is 2. The van der Waals surface area contributed by atoms with E-state index in [1.165, 1.54) is 4.57 Å². The number of nitrogens with one attached hydrogen (secondary N) is 1. The average molecular weight is 481 g/mol. The van der Waals surface area contributed by atoms with Gasteiger partial charge in [-0.25, -0.2) is 4.98 Å². The highest BCUT2D eigenvalue weighted by Crippen LogP contribution is 2.41. The van der Waals surface area contributed by atoms with Crippen LogP contribution in [-0.4, -0.2) is 28.2 Å². The molecule has 0 unspecified atom stereocenters. The monoisotopic (exact) mass is 481 g/mol. The fourth-order valence-corrected chi connectivity index (χ4v) is 4.29. The van der Waals surface area contributed by atoms with Crippen LogP contribution in [0, 0.1) is 6.08 Å². The second kappa shape index (κ2) is 10.1. The number of alkyl halides is 3. The molecule has 180 valence electrons. The molecule has 0 saturated heterocycles. The van der Waals surface area contributed by atoms with Crippen LogP contribution in [0.25, 0.3) is 0 Å². The number of aromatic nitrogens is 2. The van der Waals surface area contributed by atoms with Crippen molar-refractivity contribution in [3.8, 4) is 0 Å². The second-order valence-electron chi connectivity index (χ2n) is 8.04. The zero-order valence-electron chi connectivity index (χ0n) is 18.7. The summed E-state index contributed by atoms with van der Waals surface area (Å²) in [5.74, 6) is -1.99. The predicted molar refractivity (Wildman–Crippen MR) is 124 cm³/mol. The predicted octanol–water partition coefficient (Wildman–Crippen LogP) is 5.47. The zero-order valence-corrected chi connectivity index (χ0v) is 18.7. The summed E-state index contributed by atoms with van der Waals surface area (Å²) >= 11 is 0. The third-order valence-corrected chi connectivity index (χ3v) is 5.80. The Morgan fingerprint density at radius 3 is 1.69 bits per heavy atom. The standard InChI is InChI=1S/C27H23F4N3O/c28-25-33-23(17-10-18-32-24(35)27(29,30)31)19-34(25)26(20-11-4-1-5-12-20,21-13-6-2-7-14-21)22-15-8-3-9-16-22/h1-9,11-16,19H,10,17-18H2,(H,32,35). The molecule has 1 heterocycles. The van der Waals surface area contributed by atoms with Crippen LogP contribution < -0.4 is 5.32 Å². The lowest BCUT2D eigenvalue weighted by Gasteiger charge is -2.37. The number of benzene rings is 3. The first-order valence-corrected chi connectivity index (χ1v) is 11.1. The molecule has 4 aromatic rings. The smallest absolute Gasteiger partial charge is 0.348 e. The van der Waals surface area contributed by atoms with Gasteiger partial charge in [0.2, 0.25) is 0 Å². The molecule has 1 aromatic heterocycles. The summed E-state index contributed by atoms with van der Waals surface area (Å²) in [5.41, 5.74) is 1.74. The highest BCUT2D eigenvalue weighted by Gasteiger charge is 2.40. The maximum Gasteiger partial charge on any atom is 0.471 e. The molecule has 35 heavy (non-hydrogen) atoms. The Morgan fingerprint density at radius 1 is 0.800 bits per heavy atom. The molecule has 0 radical (unpaired) electrons.